The van der Waals surface area contributed by atoms with Crippen LogP contribution in [-0.2, 0) is 14.6 Å². The van der Waals surface area contributed by atoms with Crippen molar-refractivity contribution in [2.45, 2.75) is 24.5 Å². The van der Waals surface area contributed by atoms with E-state index in [1.54, 1.807) is 11.9 Å². The van der Waals surface area contributed by atoms with Crippen molar-refractivity contribution in [1.82, 2.24) is 14.5 Å². The van der Waals surface area contributed by atoms with Gasteiger partial charge in [-0.1, -0.05) is 23.9 Å². The monoisotopic (exact) mass is 459 g/mol. The van der Waals surface area contributed by atoms with Crippen LogP contribution in [0.25, 0.3) is 16.7 Å². The quantitative estimate of drug-likeness (QED) is 0.505. The third-order valence-electron chi connectivity index (χ3n) is 5.41. The van der Waals surface area contributed by atoms with Crippen molar-refractivity contribution in [3.63, 3.8) is 0 Å². The Morgan fingerprint density at radius 2 is 1.97 bits per heavy atom. The largest absolute Gasteiger partial charge is 0.494 e. The van der Waals surface area contributed by atoms with E-state index in [-0.39, 0.29) is 29.2 Å². The Bertz CT molecular complexity index is 1190. The van der Waals surface area contributed by atoms with Crippen molar-refractivity contribution < 1.29 is 17.9 Å². The summed E-state index contributed by atoms with van der Waals surface area (Å²) in [4.78, 5) is 19.0. The zero-order chi connectivity index (χ0) is 22.0. The Morgan fingerprint density at radius 3 is 2.65 bits per heavy atom. The summed E-state index contributed by atoms with van der Waals surface area (Å²) in [6.07, 6.45) is 0.500. The van der Waals surface area contributed by atoms with Gasteiger partial charge in [-0.05, 0) is 49.7 Å². The van der Waals surface area contributed by atoms with Gasteiger partial charge in [0.25, 0.3) is 0 Å². The summed E-state index contributed by atoms with van der Waals surface area (Å²) in [5.41, 5.74) is 2.74. The van der Waals surface area contributed by atoms with Crippen LogP contribution in [0.1, 0.15) is 13.3 Å². The Kier molecular flexibility index (Phi) is 6.24. The minimum Gasteiger partial charge on any atom is -0.494 e. The normalized spacial score (nSPS) is 17.7. The first-order valence-corrected chi connectivity index (χ1v) is 13.0. The number of rotatable bonds is 7. The number of para-hydroxylation sites is 2. The highest BCUT2D eigenvalue weighted by Gasteiger charge is 2.32. The summed E-state index contributed by atoms with van der Waals surface area (Å²) in [6, 6.07) is 15.4. The number of benzene rings is 2. The summed E-state index contributed by atoms with van der Waals surface area (Å²) in [6.45, 7) is 2.55. The van der Waals surface area contributed by atoms with Gasteiger partial charge in [-0.3, -0.25) is 9.36 Å². The molecule has 2 heterocycles. The first-order valence-electron chi connectivity index (χ1n) is 10.2. The van der Waals surface area contributed by atoms with E-state index in [9.17, 15) is 13.2 Å². The van der Waals surface area contributed by atoms with E-state index in [2.05, 4.69) is 0 Å². The lowest BCUT2D eigenvalue weighted by atomic mass is 10.2. The van der Waals surface area contributed by atoms with Crippen LogP contribution in [0.2, 0.25) is 0 Å². The summed E-state index contributed by atoms with van der Waals surface area (Å²) in [5.74, 6) is 1.08. The highest BCUT2D eigenvalue weighted by Crippen LogP contribution is 2.29. The maximum absolute atomic E-state index is 12.8. The molecular weight excluding hydrogens is 434 g/mol. The van der Waals surface area contributed by atoms with E-state index in [0.29, 0.717) is 18.2 Å². The molecule has 0 unspecified atom stereocenters. The molecule has 9 heteroatoms. The second kappa shape index (κ2) is 8.92. The zero-order valence-electron chi connectivity index (χ0n) is 17.5. The number of hydrogen-bond acceptors (Lipinski definition) is 6. The number of carbonyl (C=O) groups excluding carboxylic acids is 1. The standard InChI is InChI=1S/C22H25N3O4S2/c1-3-29-18-10-8-16(9-11-18)25-20-7-5-4-6-19(20)23-22(25)30-14-21(26)24(2)17-12-13-31(27,28)15-17/h4-11,17H,3,12-15H2,1-2H3/t17-/m1/s1. The molecule has 1 aliphatic rings. The van der Waals surface area contributed by atoms with Gasteiger partial charge < -0.3 is 9.64 Å². The predicted molar refractivity (Wildman–Crippen MR) is 123 cm³/mol. The van der Waals surface area contributed by atoms with Crippen molar-refractivity contribution in [2.24, 2.45) is 0 Å². The van der Waals surface area contributed by atoms with Crippen molar-refractivity contribution >= 4 is 38.5 Å². The van der Waals surface area contributed by atoms with Gasteiger partial charge in [0.2, 0.25) is 5.91 Å². The average molecular weight is 460 g/mol. The van der Waals surface area contributed by atoms with Crippen LogP contribution < -0.4 is 4.74 Å². The molecule has 4 rings (SSSR count). The summed E-state index contributed by atoms with van der Waals surface area (Å²) in [7, 11) is -1.35. The van der Waals surface area contributed by atoms with Crippen molar-refractivity contribution in [1.29, 1.82) is 0 Å². The highest BCUT2D eigenvalue weighted by atomic mass is 32.2. The number of imidazole rings is 1. The lowest BCUT2D eigenvalue weighted by molar-refractivity contribution is -0.128. The first-order chi connectivity index (χ1) is 14.9. The first kappa shape index (κ1) is 21.7. The van der Waals surface area contributed by atoms with Crippen molar-refractivity contribution in [3.8, 4) is 11.4 Å². The lowest BCUT2D eigenvalue weighted by Gasteiger charge is -2.23. The molecule has 1 aromatic heterocycles. The van der Waals surface area contributed by atoms with E-state index in [1.165, 1.54) is 11.8 Å². The number of nitrogens with zero attached hydrogens (tertiary/aromatic N) is 3. The number of carbonyl (C=O) groups is 1. The van der Waals surface area contributed by atoms with Crippen LogP contribution in [0.3, 0.4) is 0 Å². The fourth-order valence-electron chi connectivity index (χ4n) is 3.72. The molecule has 0 radical (unpaired) electrons. The second-order valence-corrected chi connectivity index (χ2v) is 10.7. The molecule has 3 aromatic rings. The molecule has 164 valence electrons. The third-order valence-corrected chi connectivity index (χ3v) is 8.08. The highest BCUT2D eigenvalue weighted by molar-refractivity contribution is 7.99. The van der Waals surface area contributed by atoms with Gasteiger partial charge in [0, 0.05) is 18.8 Å². The molecule has 0 N–H and O–H groups in total. The average Bonchev–Trinajstić information content (AvgIpc) is 3.32. The zero-order valence-corrected chi connectivity index (χ0v) is 19.2. The summed E-state index contributed by atoms with van der Waals surface area (Å²) in [5, 5.41) is 0.714. The van der Waals surface area contributed by atoms with Crippen LogP contribution in [0.15, 0.2) is 53.7 Å². The molecule has 1 atom stereocenters. The Hall–Kier alpha value is -2.52. The molecule has 2 aromatic carbocycles. The minimum absolute atomic E-state index is 0.0462. The number of aromatic nitrogens is 2. The van der Waals surface area contributed by atoms with E-state index in [1.807, 2.05) is 60.0 Å². The van der Waals surface area contributed by atoms with Crippen LogP contribution in [0.4, 0.5) is 0 Å². The van der Waals surface area contributed by atoms with Gasteiger partial charge in [0.05, 0.1) is 34.9 Å². The number of thioether (sulfide) groups is 1. The maximum atomic E-state index is 12.8. The number of sulfone groups is 1. The molecule has 7 nitrogen and oxygen atoms in total. The molecular formula is C22H25N3O4S2. The summed E-state index contributed by atoms with van der Waals surface area (Å²) >= 11 is 1.36. The van der Waals surface area contributed by atoms with Gasteiger partial charge in [-0.2, -0.15) is 0 Å². The molecule has 1 aliphatic heterocycles. The second-order valence-electron chi connectivity index (χ2n) is 7.50. The molecule has 31 heavy (non-hydrogen) atoms. The topological polar surface area (TPSA) is 81.5 Å². The molecule has 0 aliphatic carbocycles. The lowest BCUT2D eigenvalue weighted by Crippen LogP contribution is -2.38. The fraction of sp³-hybridized carbons (Fsp3) is 0.364. The minimum atomic E-state index is -3.04. The Balaban J connectivity index is 1.56. The smallest absolute Gasteiger partial charge is 0.233 e. The third kappa shape index (κ3) is 4.72. The molecule has 1 fully saturated rings. The number of ether oxygens (including phenoxy) is 1. The van der Waals surface area contributed by atoms with E-state index in [0.717, 1.165) is 22.5 Å². The van der Waals surface area contributed by atoms with Crippen molar-refractivity contribution in [2.75, 3.05) is 30.9 Å². The van der Waals surface area contributed by atoms with E-state index < -0.39 is 9.84 Å². The molecule has 0 saturated carbocycles. The summed E-state index contributed by atoms with van der Waals surface area (Å²) < 4.78 is 31.1. The van der Waals surface area contributed by atoms with Gasteiger partial charge in [0.1, 0.15) is 5.75 Å². The van der Waals surface area contributed by atoms with Gasteiger partial charge in [0.15, 0.2) is 15.0 Å². The van der Waals surface area contributed by atoms with E-state index in [4.69, 9.17) is 9.72 Å². The SMILES string of the molecule is CCOc1ccc(-n2c(SCC(=O)N(C)[C@@H]3CCS(=O)(=O)C3)nc3ccccc32)cc1. The van der Waals surface area contributed by atoms with Gasteiger partial charge >= 0.3 is 0 Å². The molecule has 1 amide bonds. The van der Waals surface area contributed by atoms with Crippen LogP contribution in [0, 0.1) is 0 Å². The van der Waals surface area contributed by atoms with Crippen LogP contribution in [-0.4, -0.2) is 65.7 Å². The predicted octanol–water partition coefficient (Wildman–Crippen LogP) is 3.16. The van der Waals surface area contributed by atoms with E-state index >= 15 is 0 Å². The number of hydrogen-bond donors (Lipinski definition) is 0. The fourth-order valence-corrected chi connectivity index (χ4v) is 6.45. The Morgan fingerprint density at radius 1 is 1.23 bits per heavy atom. The number of amides is 1. The molecule has 0 spiro atoms. The molecule has 0 bridgehead atoms. The van der Waals surface area contributed by atoms with Crippen molar-refractivity contribution in [3.05, 3.63) is 48.5 Å². The molecule has 1 saturated heterocycles. The van der Waals surface area contributed by atoms with Crippen LogP contribution in [0.5, 0.6) is 5.75 Å². The number of fused-ring (bicyclic) bond motifs is 1. The van der Waals surface area contributed by atoms with Crippen LogP contribution >= 0.6 is 11.8 Å². The van der Waals surface area contributed by atoms with Gasteiger partial charge in [-0.15, -0.1) is 0 Å². The van der Waals surface area contributed by atoms with Gasteiger partial charge in [-0.25, -0.2) is 13.4 Å². The maximum Gasteiger partial charge on any atom is 0.233 e. The Labute approximate surface area is 186 Å².